The molecule has 0 saturated heterocycles. The van der Waals surface area contributed by atoms with Crippen LogP contribution in [-0.4, -0.2) is 32.7 Å². The summed E-state index contributed by atoms with van der Waals surface area (Å²) >= 11 is 0. The lowest BCUT2D eigenvalue weighted by atomic mass is 9.91. The second-order valence-electron chi connectivity index (χ2n) is 7.94. The molecular weight excluding hydrogens is 368 g/mol. The first kappa shape index (κ1) is 18.1. The minimum atomic E-state index is -0.0535. The summed E-state index contributed by atoms with van der Waals surface area (Å²) in [4.78, 5) is 25.1. The van der Waals surface area contributed by atoms with Gasteiger partial charge in [0.25, 0.3) is 11.5 Å². The van der Waals surface area contributed by atoms with Gasteiger partial charge in [-0.25, -0.2) is 4.68 Å². The Morgan fingerprint density at radius 2 is 2.03 bits per heavy atom. The van der Waals surface area contributed by atoms with Crippen LogP contribution >= 0.6 is 0 Å². The van der Waals surface area contributed by atoms with Crippen LogP contribution in [0, 0.1) is 0 Å². The van der Waals surface area contributed by atoms with Crippen molar-refractivity contribution in [2.45, 2.75) is 50.8 Å². The summed E-state index contributed by atoms with van der Waals surface area (Å²) < 4.78 is 9.02. The number of hydrogen-bond donors (Lipinski definition) is 1. The van der Waals surface area contributed by atoms with Gasteiger partial charge in [-0.2, -0.15) is 5.10 Å². The van der Waals surface area contributed by atoms with Crippen molar-refractivity contribution in [3.8, 4) is 0 Å². The Morgan fingerprint density at radius 3 is 2.86 bits per heavy atom. The first-order chi connectivity index (χ1) is 14.2. The van der Waals surface area contributed by atoms with Crippen molar-refractivity contribution in [1.82, 2.24) is 19.5 Å². The van der Waals surface area contributed by atoms with Gasteiger partial charge < -0.3 is 14.5 Å². The molecule has 29 heavy (non-hydrogen) atoms. The van der Waals surface area contributed by atoms with Crippen LogP contribution in [-0.2, 0) is 17.8 Å². The largest absolute Gasteiger partial charge is 0.376 e. The van der Waals surface area contributed by atoms with E-state index in [-0.39, 0.29) is 23.6 Å². The van der Waals surface area contributed by atoms with Crippen LogP contribution in [0.25, 0.3) is 5.52 Å². The maximum absolute atomic E-state index is 12.6. The maximum atomic E-state index is 12.6. The number of amides is 1. The summed E-state index contributed by atoms with van der Waals surface area (Å²) in [5.74, 6) is -0.0405. The Kier molecular flexibility index (Phi) is 4.67. The van der Waals surface area contributed by atoms with Crippen LogP contribution in [0.3, 0.4) is 0 Å². The molecule has 1 N–H and O–H groups in total. The number of nitrogens with zero attached hydrogens (tertiary/aromatic N) is 3. The molecule has 1 aliphatic heterocycles. The average molecular weight is 392 g/mol. The van der Waals surface area contributed by atoms with Gasteiger partial charge in [-0.1, -0.05) is 6.07 Å². The lowest BCUT2D eigenvalue weighted by Crippen LogP contribution is -2.40. The maximum Gasteiger partial charge on any atom is 0.267 e. The fourth-order valence-corrected chi connectivity index (χ4v) is 4.40. The monoisotopic (exact) mass is 392 g/mol. The number of rotatable bonds is 3. The molecule has 0 radical (unpaired) electrons. The van der Waals surface area contributed by atoms with Crippen molar-refractivity contribution in [1.29, 1.82) is 0 Å². The van der Waals surface area contributed by atoms with Crippen molar-refractivity contribution in [2.75, 3.05) is 6.61 Å². The smallest absolute Gasteiger partial charge is 0.267 e. The summed E-state index contributed by atoms with van der Waals surface area (Å²) in [6.07, 6.45) is 7.92. The lowest BCUT2D eigenvalue weighted by molar-refractivity contribution is 0.0920. The zero-order chi connectivity index (χ0) is 19.8. The van der Waals surface area contributed by atoms with Crippen molar-refractivity contribution >= 4 is 11.4 Å². The van der Waals surface area contributed by atoms with Gasteiger partial charge in [0.2, 0.25) is 0 Å². The zero-order valence-corrected chi connectivity index (χ0v) is 16.2. The number of ether oxygens (including phenoxy) is 1. The summed E-state index contributed by atoms with van der Waals surface area (Å²) in [6, 6.07) is 9.69. The molecular formula is C22H24N4O3. The number of carbonyl (C=O) groups is 1. The van der Waals surface area contributed by atoms with E-state index < -0.39 is 0 Å². The summed E-state index contributed by atoms with van der Waals surface area (Å²) in [6.45, 7) is 1.14. The third-order valence-electron chi connectivity index (χ3n) is 6.01. The average Bonchev–Trinajstić information content (AvgIpc) is 3.18. The van der Waals surface area contributed by atoms with Gasteiger partial charge in [0.1, 0.15) is 0 Å². The van der Waals surface area contributed by atoms with Crippen LogP contribution in [0.15, 0.2) is 47.5 Å². The van der Waals surface area contributed by atoms with Crippen molar-refractivity contribution < 1.29 is 9.53 Å². The van der Waals surface area contributed by atoms with E-state index in [1.165, 1.54) is 0 Å². The second-order valence-corrected chi connectivity index (χ2v) is 7.94. The van der Waals surface area contributed by atoms with E-state index in [0.29, 0.717) is 18.8 Å². The summed E-state index contributed by atoms with van der Waals surface area (Å²) in [5.41, 5.74) is 3.52. The molecule has 7 nitrogen and oxygen atoms in total. The first-order valence-electron chi connectivity index (χ1n) is 10.2. The highest BCUT2D eigenvalue weighted by molar-refractivity contribution is 5.95. The molecule has 3 aromatic rings. The Balaban J connectivity index is 1.24. The van der Waals surface area contributed by atoms with Gasteiger partial charge in [0.05, 0.1) is 30.5 Å². The summed E-state index contributed by atoms with van der Waals surface area (Å²) in [5, 5.41) is 7.78. The molecule has 150 valence electrons. The fraction of sp³-hybridized carbons (Fsp3) is 0.409. The minimum Gasteiger partial charge on any atom is -0.376 e. The standard InChI is InChI=1S/C22H24N4O3/c27-21-12-16-14-29-10-8-20(16)24-26(21)18-6-4-17(5-7-18)23-22(28)15-11-19-3-1-2-9-25(19)13-15/h1-3,9,11-13,17-18H,4-8,10,14H2,(H,23,28). The minimum absolute atomic E-state index is 0.0405. The van der Waals surface area contributed by atoms with E-state index in [9.17, 15) is 9.59 Å². The molecule has 0 aromatic carbocycles. The van der Waals surface area contributed by atoms with Crippen LogP contribution in [0.5, 0.6) is 0 Å². The highest BCUT2D eigenvalue weighted by Crippen LogP contribution is 2.28. The van der Waals surface area contributed by atoms with E-state index in [1.807, 2.05) is 41.1 Å². The molecule has 0 spiro atoms. The molecule has 2 aliphatic rings. The number of fused-ring (bicyclic) bond motifs is 2. The number of aromatic nitrogens is 3. The topological polar surface area (TPSA) is 77.6 Å². The number of hydrogen-bond acceptors (Lipinski definition) is 4. The van der Waals surface area contributed by atoms with E-state index in [1.54, 1.807) is 10.7 Å². The van der Waals surface area contributed by atoms with Crippen molar-refractivity contribution in [3.63, 3.8) is 0 Å². The van der Waals surface area contributed by atoms with Gasteiger partial charge in [-0.05, 0) is 43.9 Å². The number of pyridine rings is 1. The van der Waals surface area contributed by atoms with E-state index in [4.69, 9.17) is 4.74 Å². The van der Waals surface area contributed by atoms with Crippen LogP contribution in [0.2, 0.25) is 0 Å². The van der Waals surface area contributed by atoms with E-state index in [2.05, 4.69) is 10.4 Å². The number of nitrogens with one attached hydrogen (secondary N) is 1. The molecule has 0 atom stereocenters. The van der Waals surface area contributed by atoms with Gasteiger partial charge in [-0.15, -0.1) is 0 Å². The molecule has 7 heteroatoms. The molecule has 4 heterocycles. The molecule has 5 rings (SSSR count). The fourth-order valence-electron chi connectivity index (χ4n) is 4.40. The third-order valence-corrected chi connectivity index (χ3v) is 6.01. The SMILES string of the molecule is O=C(NC1CCC(n2nc3c(cc2=O)COCC3)CC1)c1cc2ccccn2c1. The highest BCUT2D eigenvalue weighted by atomic mass is 16.5. The normalized spacial score (nSPS) is 21.7. The Morgan fingerprint density at radius 1 is 1.17 bits per heavy atom. The molecule has 1 amide bonds. The Hall–Kier alpha value is -2.93. The van der Waals surface area contributed by atoms with E-state index in [0.717, 1.165) is 48.9 Å². The molecule has 1 fully saturated rings. The molecule has 1 aliphatic carbocycles. The van der Waals surface area contributed by atoms with E-state index >= 15 is 0 Å². The molecule has 1 saturated carbocycles. The lowest BCUT2D eigenvalue weighted by Gasteiger charge is -2.30. The first-order valence-corrected chi connectivity index (χ1v) is 10.2. The Labute approximate surface area is 168 Å². The van der Waals surface area contributed by atoms with Crippen molar-refractivity contribution in [2.24, 2.45) is 0 Å². The van der Waals surface area contributed by atoms with Crippen LogP contribution < -0.4 is 10.9 Å². The Bertz CT molecular complexity index is 1080. The summed E-state index contributed by atoms with van der Waals surface area (Å²) in [7, 11) is 0. The second kappa shape index (κ2) is 7.48. The van der Waals surface area contributed by atoms with Gasteiger partial charge in [0, 0.05) is 42.0 Å². The van der Waals surface area contributed by atoms with Crippen LogP contribution in [0.1, 0.15) is 53.3 Å². The molecule has 0 bridgehead atoms. The van der Waals surface area contributed by atoms with Gasteiger partial charge in [0.15, 0.2) is 0 Å². The quantitative estimate of drug-likeness (QED) is 0.743. The molecule has 0 unspecified atom stereocenters. The zero-order valence-electron chi connectivity index (χ0n) is 16.2. The highest BCUT2D eigenvalue weighted by Gasteiger charge is 2.26. The number of carbonyl (C=O) groups excluding carboxylic acids is 1. The van der Waals surface area contributed by atoms with Crippen LogP contribution in [0.4, 0.5) is 0 Å². The van der Waals surface area contributed by atoms with Gasteiger partial charge >= 0.3 is 0 Å². The molecule has 3 aromatic heterocycles. The third kappa shape index (κ3) is 3.58. The predicted octanol–water partition coefficient (Wildman–Crippen LogP) is 2.48. The van der Waals surface area contributed by atoms with Gasteiger partial charge in [-0.3, -0.25) is 9.59 Å². The predicted molar refractivity (Wildman–Crippen MR) is 108 cm³/mol. The van der Waals surface area contributed by atoms with Crippen molar-refractivity contribution in [3.05, 3.63) is 69.9 Å².